The molecule has 3 nitrogen and oxygen atoms in total. The smallest absolute Gasteiger partial charge is 0.121 e. The number of hydrogen-bond acceptors (Lipinski definition) is 2. The van der Waals surface area contributed by atoms with Crippen LogP contribution < -0.4 is 4.98 Å². The van der Waals surface area contributed by atoms with Crippen LogP contribution in [0.4, 0.5) is 0 Å². The Hall–Kier alpha value is -3.11. The van der Waals surface area contributed by atoms with Gasteiger partial charge < -0.3 is 10.1 Å². The molecule has 0 atom stereocenters. The number of fused-ring (bicyclic) bond motifs is 1. The van der Waals surface area contributed by atoms with E-state index in [1.54, 1.807) is 6.07 Å². The van der Waals surface area contributed by atoms with Crippen molar-refractivity contribution in [2.24, 2.45) is 0 Å². The fourth-order valence-electron chi connectivity index (χ4n) is 3.42. The van der Waals surface area contributed by atoms with E-state index in [0.29, 0.717) is 0 Å². The minimum atomic E-state index is 0. The summed E-state index contributed by atoms with van der Waals surface area (Å²) in [6.07, 6.45) is 0. The molecule has 0 aliphatic heterocycles. The zero-order valence-corrected chi connectivity index (χ0v) is 17.5. The topological polar surface area (TPSA) is 47.2 Å². The number of pyridine rings is 1. The van der Waals surface area contributed by atoms with Crippen LogP contribution in [-0.2, 0) is 22.4 Å². The summed E-state index contributed by atoms with van der Waals surface area (Å²) in [7, 11) is 0. The van der Waals surface area contributed by atoms with E-state index in [-0.39, 0.29) is 28.1 Å². The van der Waals surface area contributed by atoms with Gasteiger partial charge in [-0.15, -0.1) is 47.1 Å². The van der Waals surface area contributed by atoms with E-state index in [0.717, 1.165) is 44.7 Å². The molecule has 1 N–H and O–H groups in total. The molecule has 29 heavy (non-hydrogen) atoms. The molecule has 0 spiro atoms. The number of nitrogens with zero attached hydrogens (tertiary/aromatic N) is 2. The molecule has 145 valence electrons. The van der Waals surface area contributed by atoms with Gasteiger partial charge in [-0.25, -0.2) is 0 Å². The van der Waals surface area contributed by atoms with Gasteiger partial charge in [-0.05, 0) is 28.8 Å². The molecular weight excluding hydrogens is 541 g/mol. The maximum absolute atomic E-state index is 10.2. The van der Waals surface area contributed by atoms with Gasteiger partial charge in [0.15, 0.2) is 0 Å². The van der Waals surface area contributed by atoms with Crippen molar-refractivity contribution in [3.05, 3.63) is 97.1 Å². The van der Waals surface area contributed by atoms with Crippen molar-refractivity contribution in [3.8, 4) is 39.5 Å². The molecule has 5 rings (SSSR count). The number of hydrogen-bond donors (Lipinski definition) is 1. The number of para-hydroxylation sites is 2. The van der Waals surface area contributed by atoms with E-state index < -0.39 is 0 Å². The van der Waals surface area contributed by atoms with E-state index in [9.17, 15) is 5.11 Å². The molecule has 0 bridgehead atoms. The molecule has 0 amide bonds. The van der Waals surface area contributed by atoms with Crippen LogP contribution in [0.25, 0.3) is 44.7 Å². The van der Waals surface area contributed by atoms with Crippen LogP contribution in [0.1, 0.15) is 0 Å². The third-order valence-electron chi connectivity index (χ3n) is 4.78. The Kier molecular flexibility index (Phi) is 5.36. The number of aromatic hydroxyl groups is 1. The third kappa shape index (κ3) is 3.64. The maximum Gasteiger partial charge on any atom is 0.121 e. The number of phenols is 1. The molecule has 3 aromatic carbocycles. The SMILES string of the molecule is Oc1ccccc1-c1cc2cccc(-c3cccc(-c4[c-]cccc4)n3)c2[n-]1.[Au]. The molecule has 2 heterocycles. The average Bonchev–Trinajstić information content (AvgIpc) is 3.19. The Bertz CT molecular complexity index is 1280. The molecule has 0 saturated carbocycles. The van der Waals surface area contributed by atoms with E-state index in [2.05, 4.69) is 6.07 Å². The largest absolute Gasteiger partial charge is 0.656 e. The predicted octanol–water partition coefficient (Wildman–Crippen LogP) is 5.70. The van der Waals surface area contributed by atoms with Crippen LogP contribution in [0.2, 0.25) is 0 Å². The Labute approximate surface area is 184 Å². The van der Waals surface area contributed by atoms with E-state index in [1.165, 1.54) is 0 Å². The summed E-state index contributed by atoms with van der Waals surface area (Å²) in [4.78, 5) is 9.66. The minimum absolute atomic E-state index is 0. The normalized spacial score (nSPS) is 10.6. The summed E-state index contributed by atoms with van der Waals surface area (Å²) in [5, 5.41) is 11.2. The first kappa shape index (κ1) is 19.2. The van der Waals surface area contributed by atoms with E-state index in [4.69, 9.17) is 9.97 Å². The molecule has 2 aromatic heterocycles. The van der Waals surface area contributed by atoms with Gasteiger partial charge in [0.2, 0.25) is 0 Å². The molecule has 0 aliphatic carbocycles. The number of phenolic OH excluding ortho intramolecular Hbond substituents is 1. The predicted molar refractivity (Wildman–Crippen MR) is 112 cm³/mol. The second-order valence-corrected chi connectivity index (χ2v) is 6.59. The summed E-state index contributed by atoms with van der Waals surface area (Å²) < 4.78 is 0. The van der Waals surface area contributed by atoms with Crippen LogP contribution in [0.3, 0.4) is 0 Å². The van der Waals surface area contributed by atoms with Crippen molar-refractivity contribution >= 4 is 10.9 Å². The molecule has 0 fully saturated rings. The Morgan fingerprint density at radius 1 is 0.759 bits per heavy atom. The zero-order chi connectivity index (χ0) is 18.9. The quantitative estimate of drug-likeness (QED) is 0.229. The average molecular weight is 557 g/mol. The van der Waals surface area contributed by atoms with E-state index in [1.807, 2.05) is 84.9 Å². The van der Waals surface area contributed by atoms with Crippen molar-refractivity contribution in [1.29, 1.82) is 0 Å². The van der Waals surface area contributed by atoms with Gasteiger partial charge in [0.05, 0.1) is 5.69 Å². The van der Waals surface area contributed by atoms with Crippen LogP contribution >= 0.6 is 0 Å². The minimum Gasteiger partial charge on any atom is -0.656 e. The molecular formula is C25H16AuN2O-2. The first-order valence-electron chi connectivity index (χ1n) is 9.09. The Balaban J connectivity index is 0.00000205. The number of aromatic nitrogens is 2. The number of benzene rings is 3. The van der Waals surface area contributed by atoms with Crippen molar-refractivity contribution < 1.29 is 27.5 Å². The number of rotatable bonds is 3. The maximum atomic E-state index is 10.2. The summed E-state index contributed by atoms with van der Waals surface area (Å²) in [6.45, 7) is 0. The third-order valence-corrected chi connectivity index (χ3v) is 4.78. The van der Waals surface area contributed by atoms with Gasteiger partial charge >= 0.3 is 0 Å². The van der Waals surface area contributed by atoms with Gasteiger partial charge in [-0.1, -0.05) is 54.6 Å². The molecule has 1 radical (unpaired) electrons. The van der Waals surface area contributed by atoms with E-state index >= 15 is 0 Å². The molecule has 0 unspecified atom stereocenters. The summed E-state index contributed by atoms with van der Waals surface area (Å²) >= 11 is 0. The Morgan fingerprint density at radius 2 is 1.52 bits per heavy atom. The van der Waals surface area contributed by atoms with Crippen LogP contribution in [0.15, 0.2) is 91.0 Å². The van der Waals surface area contributed by atoms with Crippen molar-refractivity contribution in [2.75, 3.05) is 0 Å². The zero-order valence-electron chi connectivity index (χ0n) is 15.3. The van der Waals surface area contributed by atoms with Gasteiger partial charge in [-0.3, -0.25) is 4.98 Å². The van der Waals surface area contributed by atoms with Gasteiger partial charge in [0.25, 0.3) is 0 Å². The molecule has 0 aliphatic rings. The summed E-state index contributed by atoms with van der Waals surface area (Å²) in [6, 6.07) is 32.4. The van der Waals surface area contributed by atoms with Crippen LogP contribution in [-0.4, -0.2) is 10.1 Å². The van der Waals surface area contributed by atoms with Crippen molar-refractivity contribution in [1.82, 2.24) is 9.97 Å². The second kappa shape index (κ2) is 8.10. The second-order valence-electron chi connectivity index (χ2n) is 6.59. The van der Waals surface area contributed by atoms with Gasteiger partial charge in [0, 0.05) is 27.9 Å². The van der Waals surface area contributed by atoms with Crippen LogP contribution in [0.5, 0.6) is 5.75 Å². The van der Waals surface area contributed by atoms with Crippen LogP contribution in [0, 0.1) is 6.07 Å². The standard InChI is InChI=1S/C25H16N2O.Au/c28-24-15-5-4-11-19(24)23-16-18-10-6-12-20(25(18)27-23)22-14-7-13-21(26-22)17-8-2-1-3-9-17;/h1-8,10-16H,(H-,26,27,28);/q-2;. The van der Waals surface area contributed by atoms with Crippen molar-refractivity contribution in [3.63, 3.8) is 0 Å². The van der Waals surface area contributed by atoms with Crippen molar-refractivity contribution in [2.45, 2.75) is 0 Å². The monoisotopic (exact) mass is 557 g/mol. The first-order chi connectivity index (χ1) is 13.8. The fraction of sp³-hybridized carbons (Fsp3) is 0. The Morgan fingerprint density at radius 3 is 2.34 bits per heavy atom. The molecule has 0 saturated heterocycles. The molecule has 4 heteroatoms. The van der Waals surface area contributed by atoms with Gasteiger partial charge in [-0.2, -0.15) is 0 Å². The summed E-state index contributed by atoms with van der Waals surface area (Å²) in [5.41, 5.74) is 6.03. The fourth-order valence-corrected chi connectivity index (χ4v) is 3.42. The van der Waals surface area contributed by atoms with Gasteiger partial charge in [0.1, 0.15) is 5.75 Å². The summed E-state index contributed by atoms with van der Waals surface area (Å²) in [5.74, 6) is 0.228. The molecule has 5 aromatic rings. The first-order valence-corrected chi connectivity index (χ1v) is 9.09.